The fraction of sp³-hybridized carbons (Fsp3) is 0.247. The number of carboxylic acids is 7. The topological polar surface area (TPSA) is 633 Å². The number of hydrogen-bond acceptors (Lipinski definition) is 37. The average Bonchev–Trinajstić information content (AvgIpc) is 1.38. The Balaban J connectivity index is 0.000000182. The highest BCUT2D eigenvalue weighted by atomic mass is 79.9. The Morgan fingerprint density at radius 1 is 0.410 bits per heavy atom. The van der Waals surface area contributed by atoms with Crippen LogP contribution in [0.5, 0.6) is 23.0 Å². The predicted molar refractivity (Wildman–Crippen MR) is 527 cm³/mol. The normalized spacial score (nSPS) is 11.1. The summed E-state index contributed by atoms with van der Waals surface area (Å²) in [6.07, 6.45) is 5.78. The number of nitroso groups, excluding NO2 is 1. The van der Waals surface area contributed by atoms with Crippen molar-refractivity contribution in [1.29, 1.82) is 0 Å². The second-order valence-electron chi connectivity index (χ2n) is 27.8. The van der Waals surface area contributed by atoms with E-state index in [0.29, 0.717) is 111 Å². The second-order valence-corrected chi connectivity index (χ2v) is 36.2. The minimum Gasteiger partial charge on any atom is -0.496 e. The molecule has 0 saturated carbocycles. The van der Waals surface area contributed by atoms with Crippen LogP contribution >= 0.6 is 110 Å². The summed E-state index contributed by atoms with van der Waals surface area (Å²) in [6.45, 7) is 3.57. The van der Waals surface area contributed by atoms with Crippen molar-refractivity contribution < 1.29 is 102 Å². The van der Waals surface area contributed by atoms with Crippen LogP contribution in [0.1, 0.15) is 36.5 Å². The van der Waals surface area contributed by atoms with Crippen LogP contribution in [-0.2, 0) is 33.6 Å². The van der Waals surface area contributed by atoms with Gasteiger partial charge in [-0.15, -0.1) is 47.5 Å². The zero-order valence-electron chi connectivity index (χ0n) is 74.9. The van der Waals surface area contributed by atoms with E-state index in [-0.39, 0.29) is 62.6 Å². The number of piperidine rings is 1. The molecule has 0 spiro atoms. The number of H-pyrrole nitrogens is 7. The van der Waals surface area contributed by atoms with Gasteiger partial charge in [0.15, 0.2) is 53.6 Å². The molecule has 0 bridgehead atoms. The highest BCUT2D eigenvalue weighted by molar-refractivity contribution is 9.10. The van der Waals surface area contributed by atoms with Crippen LogP contribution in [0.4, 0.5) is 21.5 Å². The van der Waals surface area contributed by atoms with Crippen molar-refractivity contribution in [2.45, 2.75) is 67.2 Å². The number of nitrogens with one attached hydrogen (secondary N) is 7. The molecule has 0 aliphatic carbocycles. The van der Waals surface area contributed by atoms with Crippen LogP contribution in [0, 0.1) is 10.7 Å². The lowest BCUT2D eigenvalue weighted by atomic mass is 10.1. The first-order valence-electron chi connectivity index (χ1n) is 40.3. The Labute approximate surface area is 832 Å². The largest absolute Gasteiger partial charge is 0.496 e. The summed E-state index contributed by atoms with van der Waals surface area (Å²) >= 11 is 12.3. The fourth-order valence-electron chi connectivity index (χ4n) is 11.6. The number of ether oxygens (including phenoxy) is 4. The number of aromatic nitrogens is 21. The monoisotopic (exact) mass is 2120 g/mol. The van der Waals surface area contributed by atoms with Crippen LogP contribution in [0.2, 0.25) is 0 Å². The average molecular weight is 2120 g/mol. The van der Waals surface area contributed by atoms with E-state index in [0.717, 1.165) is 137 Å². The third kappa shape index (κ3) is 34.9. The standard InChI is InChI=1S/C15H18N4O2S.C12H10FN3O3S.C12H12N4O4S.C12H14N4O2S.C12H13N3O4S.C11H10BrN3O3S.C11H11N3O2S2/c20-13(21)10-22-15-16-14(17-18-15)11-5-4-6-12(9-11)19-7-2-1-3-8-19;1-6(17)7-2-3-9(13)8(4-7)11-14-12(16-15-11)20-5-10(18)19;1-16(19)7-3-4-9(20-2)8(5-7)11-13-12(15-14-11)21-6-10(17)18;1-16(2)9-5-3-8(4-6-9)11-13-12(15-14-11)19-7-10(17)18;1-18-7-4-3-5-8(19-2)10(7)11-13-12(15-14-11)20-6-9(16)17;1-18-8-3-2-6(12)4-7(8)10-13-11(15-14-10)19-5-9(16)17;1-17-8-5-3-2-4-7(8)10-12-11(14-13-10)18-6-9(15)16/h4-6,9H,1-3,7-8,10H2,(H,20,21)(H,16,17,18);2-4H,5H2,1H3,(H,18,19)(H,14,15,16);3-5H,6H2,1-2H3,(H-,13,14,15,17,18);3-6H,7H2,1-2H3,(H,17,18)(H,13,14,15);3-5H,6H2,1-2H3,(H,16,17)(H,13,14,15);2-4H,5H2,1H3,(H,16,17)(H,13,14,15);2-5H,6H2,1H3,(H,15,16)(H,12,13,14)/p+1. The van der Waals surface area contributed by atoms with Gasteiger partial charge >= 0.3 is 41.8 Å². The van der Waals surface area contributed by atoms with E-state index in [9.17, 15) is 47.7 Å². The van der Waals surface area contributed by atoms with Gasteiger partial charge in [-0.2, -0.15) is 0 Å². The first-order chi connectivity index (χ1) is 66.7. The molecule has 14 aromatic rings. The molecule has 7 aromatic heterocycles. The first kappa shape index (κ1) is 109. The molecule has 1 fully saturated rings. The fourth-order valence-corrected chi connectivity index (χ4v) is 16.2. The van der Waals surface area contributed by atoms with E-state index in [1.54, 1.807) is 69.5 Å². The summed E-state index contributed by atoms with van der Waals surface area (Å²) in [5.41, 5.74) is 8.06. The van der Waals surface area contributed by atoms with Crippen LogP contribution in [-0.4, -0.2) is 304 Å². The van der Waals surface area contributed by atoms with Crippen molar-refractivity contribution in [3.63, 3.8) is 0 Å². The minimum absolute atomic E-state index is 0.0366. The SMILES string of the molecule is CC(=O)c1ccc(F)c(-c2nc(SCC(=O)O)n[nH]2)c1.CN(C)c1ccc(-c2nc(SCC(=O)O)n[nH]2)cc1.COc1ccc(Br)cc1-c1nc(SCC(=O)O)n[nH]1.COc1ccc([N+](C)=O)cc1-c1nc(SCC(=O)O)n[nH]1.COc1cccc(OC)c1-c1nc(SCC(=O)O)n[nH]1.CSc1ccccc1-c1nc(SCC(=O)O)n[nH]1.O=C(O)CSc1n[nH]c(-c2cccc(N3CCCCC3)c2)n1. The summed E-state index contributed by atoms with van der Waals surface area (Å²) < 4.78 is 36.4. The number of carboxylic acid groups (broad SMARTS) is 7. The van der Waals surface area contributed by atoms with Crippen molar-refractivity contribution in [1.82, 2.24) is 106 Å². The van der Waals surface area contributed by atoms with Crippen LogP contribution in [0.3, 0.4) is 0 Å². The van der Waals surface area contributed by atoms with Crippen molar-refractivity contribution in [3.8, 4) is 103 Å². The van der Waals surface area contributed by atoms with Gasteiger partial charge in [-0.1, -0.05) is 135 Å². The quantitative estimate of drug-likeness (QED) is 0.00977. The predicted octanol–water partition coefficient (Wildman–Crippen LogP) is 14.5. The number of carbonyl (C=O) groups is 8. The number of hydrogen-bond donors (Lipinski definition) is 14. The van der Waals surface area contributed by atoms with Gasteiger partial charge < -0.3 is 64.5 Å². The van der Waals surface area contributed by atoms with Gasteiger partial charge in [-0.25, -0.2) is 39.3 Å². The molecule has 15 rings (SSSR count). The van der Waals surface area contributed by atoms with E-state index in [1.165, 1.54) is 64.2 Å². The molecule has 0 radical (unpaired) electrons. The van der Waals surface area contributed by atoms with Crippen molar-refractivity contribution in [2.75, 3.05) is 119 Å². The molecule has 54 heteroatoms. The second kappa shape index (κ2) is 55.5. The van der Waals surface area contributed by atoms with Gasteiger partial charge in [-0.05, 0) is 130 Å². The zero-order chi connectivity index (χ0) is 101. The minimum atomic E-state index is -0.994. The number of methoxy groups -OCH3 is 4. The number of benzene rings is 7. The Morgan fingerprint density at radius 2 is 0.784 bits per heavy atom. The lowest BCUT2D eigenvalue weighted by Gasteiger charge is -2.29. The number of ketones is 1. The lowest BCUT2D eigenvalue weighted by Crippen LogP contribution is -2.29. The molecular weight excluding hydrogens is 2030 g/mol. The molecule has 7 aromatic carbocycles. The number of aromatic amines is 7. The highest BCUT2D eigenvalue weighted by Crippen LogP contribution is 2.39. The summed E-state index contributed by atoms with van der Waals surface area (Å²) in [6, 6.07) is 43.7. The van der Waals surface area contributed by atoms with E-state index >= 15 is 0 Å². The zero-order valence-corrected chi connectivity index (χ0v) is 83.0. The van der Waals surface area contributed by atoms with E-state index < -0.39 is 47.6 Å². The summed E-state index contributed by atoms with van der Waals surface area (Å²) in [5, 5.41) is 110. The van der Waals surface area contributed by atoms with Gasteiger partial charge in [0.1, 0.15) is 34.4 Å². The maximum Gasteiger partial charge on any atom is 0.313 e. The Bertz CT molecular complexity index is 6480. The number of rotatable bonds is 37. The molecule has 8 heterocycles. The Hall–Kier alpha value is -13.9. The lowest BCUT2D eigenvalue weighted by molar-refractivity contribution is -0.428. The molecule has 14 N–H and O–H groups in total. The summed E-state index contributed by atoms with van der Waals surface area (Å²) in [7, 11) is 11.5. The molecule has 44 nitrogen and oxygen atoms in total. The van der Waals surface area contributed by atoms with Crippen molar-refractivity contribution in [2.24, 2.45) is 0 Å². The molecular formula is C85H89BrFN24O20S8+. The number of thioether (sulfide) groups is 8. The summed E-state index contributed by atoms with van der Waals surface area (Å²) in [5.74, 6) is -1.83. The summed E-state index contributed by atoms with van der Waals surface area (Å²) in [4.78, 5) is 131. The molecule has 1 aliphatic heterocycles. The molecule has 730 valence electrons. The van der Waals surface area contributed by atoms with Crippen LogP contribution < -0.4 is 28.7 Å². The van der Waals surface area contributed by atoms with Crippen molar-refractivity contribution >= 4 is 175 Å². The van der Waals surface area contributed by atoms with E-state index in [4.69, 9.17) is 54.7 Å². The van der Waals surface area contributed by atoms with Gasteiger partial charge in [0.2, 0.25) is 36.1 Å². The number of Topliss-reactive ketones (excluding diaryl/α,β-unsaturated/α-hetero) is 1. The smallest absolute Gasteiger partial charge is 0.313 e. The molecule has 1 aliphatic rings. The molecule has 0 unspecified atom stereocenters. The Kier molecular flexibility index (Phi) is 43.4. The first-order valence-corrected chi connectivity index (χ1v) is 49.2. The van der Waals surface area contributed by atoms with E-state index in [1.807, 2.05) is 104 Å². The number of nitrogens with zero attached hydrogens (tertiary/aromatic N) is 17. The molecule has 0 atom stereocenters. The van der Waals surface area contributed by atoms with Gasteiger partial charge in [0, 0.05) is 92.0 Å². The van der Waals surface area contributed by atoms with Crippen LogP contribution in [0.15, 0.2) is 191 Å². The number of anilines is 2. The Morgan fingerprint density at radius 3 is 1.19 bits per heavy atom. The van der Waals surface area contributed by atoms with Gasteiger partial charge in [-0.3, -0.25) is 74.0 Å². The van der Waals surface area contributed by atoms with E-state index in [2.05, 4.69) is 139 Å². The number of halogens is 2. The number of carbonyl (C=O) groups excluding carboxylic acids is 1. The number of aliphatic carboxylic acids is 7. The molecule has 139 heavy (non-hydrogen) atoms. The highest BCUT2D eigenvalue weighted by Gasteiger charge is 2.23. The van der Waals surface area contributed by atoms with Crippen molar-refractivity contribution in [3.05, 3.63) is 166 Å². The maximum absolute atomic E-state index is 13.7. The van der Waals surface area contributed by atoms with Gasteiger partial charge in [0.05, 0.1) is 85.4 Å². The van der Waals surface area contributed by atoms with Gasteiger partial charge in [0.25, 0.3) is 5.69 Å². The third-order valence-corrected chi connectivity index (χ3v) is 25.0. The maximum atomic E-state index is 13.7. The van der Waals surface area contributed by atoms with Crippen LogP contribution in [0.25, 0.3) is 79.7 Å². The molecule has 0 amide bonds. The third-order valence-electron chi connectivity index (χ3n) is 17.9. The molecule has 1 saturated heterocycles.